The summed E-state index contributed by atoms with van der Waals surface area (Å²) in [7, 11) is 0. The Labute approximate surface area is 108 Å². The highest BCUT2D eigenvalue weighted by Crippen LogP contribution is 2.34. The van der Waals surface area contributed by atoms with E-state index in [1.807, 2.05) is 29.1 Å². The molecule has 1 saturated carbocycles. The van der Waals surface area contributed by atoms with E-state index in [0.717, 1.165) is 17.1 Å². The highest BCUT2D eigenvalue weighted by Gasteiger charge is 2.21. The summed E-state index contributed by atoms with van der Waals surface area (Å²) in [6.07, 6.45) is 8.38. The Morgan fingerprint density at radius 2 is 1.78 bits per heavy atom. The number of aromatic nitrogens is 2. The predicted molar refractivity (Wildman–Crippen MR) is 73.8 cm³/mol. The molecule has 94 valence electrons. The zero-order valence-electron chi connectivity index (χ0n) is 10.5. The number of hydrogen-bond donors (Lipinski definition) is 1. The quantitative estimate of drug-likeness (QED) is 0.874. The molecular formula is C15H19N3. The Balaban J connectivity index is 1.91. The van der Waals surface area contributed by atoms with Gasteiger partial charge in [-0.25, -0.2) is 4.68 Å². The molecular weight excluding hydrogens is 222 g/mol. The Hall–Kier alpha value is -1.77. The third-order valence-corrected chi connectivity index (χ3v) is 3.79. The van der Waals surface area contributed by atoms with E-state index in [2.05, 4.69) is 12.1 Å². The summed E-state index contributed by atoms with van der Waals surface area (Å²) in [6, 6.07) is 10.2. The van der Waals surface area contributed by atoms with E-state index in [9.17, 15) is 0 Å². The average molecular weight is 241 g/mol. The van der Waals surface area contributed by atoms with Crippen LogP contribution in [0.1, 0.15) is 43.7 Å². The number of anilines is 1. The van der Waals surface area contributed by atoms with Gasteiger partial charge in [0.15, 0.2) is 0 Å². The second-order valence-corrected chi connectivity index (χ2v) is 5.08. The maximum absolute atomic E-state index is 6.13. The largest absolute Gasteiger partial charge is 0.396 e. The van der Waals surface area contributed by atoms with Gasteiger partial charge in [-0.1, -0.05) is 37.5 Å². The van der Waals surface area contributed by atoms with Crippen molar-refractivity contribution in [2.75, 3.05) is 5.73 Å². The molecule has 1 heterocycles. The molecule has 0 unspecified atom stereocenters. The molecule has 0 spiro atoms. The third-order valence-electron chi connectivity index (χ3n) is 3.79. The Morgan fingerprint density at radius 3 is 2.50 bits per heavy atom. The summed E-state index contributed by atoms with van der Waals surface area (Å²) in [5, 5.41) is 4.70. The zero-order valence-corrected chi connectivity index (χ0v) is 10.5. The van der Waals surface area contributed by atoms with E-state index >= 15 is 0 Å². The van der Waals surface area contributed by atoms with Gasteiger partial charge in [-0.2, -0.15) is 5.10 Å². The SMILES string of the molecule is Nc1cn(-c2ccccc2)nc1C1CCCCC1. The molecule has 1 aromatic heterocycles. The number of nitrogen functional groups attached to an aromatic ring is 1. The molecule has 3 heteroatoms. The topological polar surface area (TPSA) is 43.8 Å². The molecule has 1 aromatic carbocycles. The third kappa shape index (κ3) is 2.13. The molecule has 18 heavy (non-hydrogen) atoms. The average Bonchev–Trinajstić information content (AvgIpc) is 2.83. The molecule has 0 radical (unpaired) electrons. The predicted octanol–water partition coefficient (Wildman–Crippen LogP) is 3.50. The molecule has 3 rings (SSSR count). The summed E-state index contributed by atoms with van der Waals surface area (Å²) in [4.78, 5) is 0. The van der Waals surface area contributed by atoms with Crippen molar-refractivity contribution in [3.05, 3.63) is 42.2 Å². The van der Waals surface area contributed by atoms with Crippen molar-refractivity contribution in [3.63, 3.8) is 0 Å². The number of hydrogen-bond acceptors (Lipinski definition) is 2. The summed E-state index contributed by atoms with van der Waals surface area (Å²) in [5.41, 5.74) is 9.14. The van der Waals surface area contributed by atoms with Crippen molar-refractivity contribution in [2.24, 2.45) is 0 Å². The molecule has 1 fully saturated rings. The van der Waals surface area contributed by atoms with Crippen LogP contribution in [0, 0.1) is 0 Å². The lowest BCUT2D eigenvalue weighted by Gasteiger charge is -2.20. The fraction of sp³-hybridized carbons (Fsp3) is 0.400. The van der Waals surface area contributed by atoms with E-state index < -0.39 is 0 Å². The first-order chi connectivity index (χ1) is 8.84. The Morgan fingerprint density at radius 1 is 1.06 bits per heavy atom. The Kier molecular flexibility index (Phi) is 3.05. The van der Waals surface area contributed by atoms with Crippen LogP contribution in [0.15, 0.2) is 36.5 Å². The van der Waals surface area contributed by atoms with Crippen LogP contribution in [-0.2, 0) is 0 Å². The van der Waals surface area contributed by atoms with E-state index in [1.54, 1.807) is 0 Å². The minimum atomic E-state index is 0.559. The van der Waals surface area contributed by atoms with Crippen LogP contribution in [0.3, 0.4) is 0 Å². The Bertz CT molecular complexity index is 510. The van der Waals surface area contributed by atoms with Gasteiger partial charge in [-0.05, 0) is 25.0 Å². The molecule has 0 atom stereocenters. The fourth-order valence-electron chi connectivity index (χ4n) is 2.81. The number of nitrogens with zero attached hydrogens (tertiary/aromatic N) is 2. The lowest BCUT2D eigenvalue weighted by molar-refractivity contribution is 0.435. The summed E-state index contributed by atoms with van der Waals surface area (Å²) in [5.74, 6) is 0.559. The lowest BCUT2D eigenvalue weighted by Crippen LogP contribution is -2.07. The van der Waals surface area contributed by atoms with Crippen LogP contribution >= 0.6 is 0 Å². The molecule has 2 N–H and O–H groups in total. The fourth-order valence-corrected chi connectivity index (χ4v) is 2.81. The first kappa shape index (κ1) is 11.3. The van der Waals surface area contributed by atoms with Crippen LogP contribution in [0.5, 0.6) is 0 Å². The van der Waals surface area contributed by atoms with Crippen LogP contribution in [0.2, 0.25) is 0 Å². The normalized spacial score (nSPS) is 16.9. The summed E-state index contributed by atoms with van der Waals surface area (Å²) >= 11 is 0. The standard InChI is InChI=1S/C15H19N3/c16-14-11-18(13-9-5-2-6-10-13)17-15(14)12-7-3-1-4-8-12/h2,5-6,9-12H,1,3-4,7-8,16H2. The van der Waals surface area contributed by atoms with Gasteiger partial charge in [-0.3, -0.25) is 0 Å². The van der Waals surface area contributed by atoms with Crippen molar-refractivity contribution in [3.8, 4) is 5.69 Å². The first-order valence-electron chi connectivity index (χ1n) is 6.75. The van der Waals surface area contributed by atoms with Crippen LogP contribution < -0.4 is 5.73 Å². The monoisotopic (exact) mass is 241 g/mol. The minimum absolute atomic E-state index is 0.559. The second kappa shape index (κ2) is 4.84. The number of rotatable bonds is 2. The van der Waals surface area contributed by atoms with Gasteiger partial charge in [0.1, 0.15) is 0 Å². The van der Waals surface area contributed by atoms with E-state index in [-0.39, 0.29) is 0 Å². The van der Waals surface area contributed by atoms with Crippen molar-refractivity contribution >= 4 is 5.69 Å². The molecule has 3 nitrogen and oxygen atoms in total. The van der Waals surface area contributed by atoms with Gasteiger partial charge in [-0.15, -0.1) is 0 Å². The molecule has 0 saturated heterocycles. The number of nitrogens with two attached hydrogens (primary N) is 1. The molecule has 0 bridgehead atoms. The second-order valence-electron chi connectivity index (χ2n) is 5.08. The maximum atomic E-state index is 6.13. The highest BCUT2D eigenvalue weighted by atomic mass is 15.3. The summed E-state index contributed by atoms with van der Waals surface area (Å²) < 4.78 is 1.90. The molecule has 0 amide bonds. The molecule has 0 aliphatic heterocycles. The van der Waals surface area contributed by atoms with Gasteiger partial charge in [0.05, 0.1) is 23.3 Å². The zero-order chi connectivity index (χ0) is 12.4. The van der Waals surface area contributed by atoms with Crippen molar-refractivity contribution in [2.45, 2.75) is 38.0 Å². The van der Waals surface area contributed by atoms with Gasteiger partial charge in [0.2, 0.25) is 0 Å². The molecule has 1 aliphatic carbocycles. The van der Waals surface area contributed by atoms with E-state index in [1.165, 1.54) is 32.1 Å². The lowest BCUT2D eigenvalue weighted by atomic mass is 9.86. The van der Waals surface area contributed by atoms with Gasteiger partial charge in [0, 0.05) is 5.92 Å². The minimum Gasteiger partial charge on any atom is -0.396 e. The van der Waals surface area contributed by atoms with E-state index in [0.29, 0.717) is 5.92 Å². The van der Waals surface area contributed by atoms with E-state index in [4.69, 9.17) is 10.8 Å². The smallest absolute Gasteiger partial charge is 0.0889 e. The highest BCUT2D eigenvalue weighted by molar-refractivity contribution is 5.46. The number of para-hydroxylation sites is 1. The van der Waals surface area contributed by atoms with Crippen LogP contribution in [0.25, 0.3) is 5.69 Å². The summed E-state index contributed by atoms with van der Waals surface area (Å²) in [6.45, 7) is 0. The van der Waals surface area contributed by atoms with Crippen molar-refractivity contribution in [1.82, 2.24) is 9.78 Å². The van der Waals surface area contributed by atoms with Gasteiger partial charge < -0.3 is 5.73 Å². The first-order valence-corrected chi connectivity index (χ1v) is 6.75. The number of benzene rings is 1. The van der Waals surface area contributed by atoms with Crippen molar-refractivity contribution in [1.29, 1.82) is 0 Å². The van der Waals surface area contributed by atoms with Crippen LogP contribution in [0.4, 0.5) is 5.69 Å². The molecule has 1 aliphatic rings. The van der Waals surface area contributed by atoms with Gasteiger partial charge >= 0.3 is 0 Å². The van der Waals surface area contributed by atoms with Crippen LogP contribution in [-0.4, -0.2) is 9.78 Å². The van der Waals surface area contributed by atoms with Crippen molar-refractivity contribution < 1.29 is 0 Å². The molecule has 2 aromatic rings. The maximum Gasteiger partial charge on any atom is 0.0889 e. The van der Waals surface area contributed by atoms with Gasteiger partial charge in [0.25, 0.3) is 0 Å².